The van der Waals surface area contributed by atoms with Gasteiger partial charge in [-0.3, -0.25) is 0 Å². The summed E-state index contributed by atoms with van der Waals surface area (Å²) in [6.07, 6.45) is 0. The zero-order valence-electron chi connectivity index (χ0n) is 11.8. The summed E-state index contributed by atoms with van der Waals surface area (Å²) in [6.45, 7) is 6.42. The Hall–Kier alpha value is -0.480. The highest BCUT2D eigenvalue weighted by Crippen LogP contribution is 2.33. The number of ether oxygens (including phenoxy) is 1. The van der Waals surface area contributed by atoms with Gasteiger partial charge >= 0.3 is 0 Å². The van der Waals surface area contributed by atoms with E-state index in [4.69, 9.17) is 27.9 Å². The SMILES string of the molecule is CNCc1cc(Cl)cc(Cl)c1OCC(C)(O)C(C)C. The summed E-state index contributed by atoms with van der Waals surface area (Å²) in [7, 11) is 1.84. The van der Waals surface area contributed by atoms with E-state index in [-0.39, 0.29) is 12.5 Å². The Balaban J connectivity index is 2.94. The molecule has 1 aromatic carbocycles. The van der Waals surface area contributed by atoms with Gasteiger partial charge < -0.3 is 15.2 Å². The summed E-state index contributed by atoms with van der Waals surface area (Å²) in [5, 5.41) is 14.3. The van der Waals surface area contributed by atoms with Crippen LogP contribution in [0.2, 0.25) is 10.0 Å². The average molecular weight is 306 g/mol. The van der Waals surface area contributed by atoms with Crippen LogP contribution in [0.5, 0.6) is 5.75 Å². The molecule has 0 aliphatic carbocycles. The molecule has 19 heavy (non-hydrogen) atoms. The Morgan fingerprint density at radius 3 is 2.53 bits per heavy atom. The van der Waals surface area contributed by atoms with Crippen molar-refractivity contribution in [3.8, 4) is 5.75 Å². The van der Waals surface area contributed by atoms with Gasteiger partial charge in [-0.25, -0.2) is 0 Å². The number of rotatable bonds is 6. The lowest BCUT2D eigenvalue weighted by molar-refractivity contribution is -0.0268. The van der Waals surface area contributed by atoms with Crippen LogP contribution in [-0.2, 0) is 6.54 Å². The molecule has 0 radical (unpaired) electrons. The Kier molecular flexibility index (Phi) is 5.93. The maximum absolute atomic E-state index is 10.2. The second kappa shape index (κ2) is 6.80. The van der Waals surface area contributed by atoms with Crippen molar-refractivity contribution in [2.45, 2.75) is 32.9 Å². The smallest absolute Gasteiger partial charge is 0.142 e. The predicted molar refractivity (Wildman–Crippen MR) is 80.2 cm³/mol. The molecule has 0 aliphatic rings. The lowest BCUT2D eigenvalue weighted by Crippen LogP contribution is -2.38. The number of benzene rings is 1. The van der Waals surface area contributed by atoms with Crippen LogP contribution in [0, 0.1) is 5.92 Å². The first-order valence-electron chi connectivity index (χ1n) is 6.25. The minimum Gasteiger partial charge on any atom is -0.489 e. The zero-order valence-corrected chi connectivity index (χ0v) is 13.3. The molecule has 3 nitrogen and oxygen atoms in total. The Bertz CT molecular complexity index is 434. The third-order valence-electron chi connectivity index (χ3n) is 3.21. The normalized spacial score (nSPS) is 14.5. The van der Waals surface area contributed by atoms with E-state index in [2.05, 4.69) is 5.32 Å². The van der Waals surface area contributed by atoms with E-state index < -0.39 is 5.60 Å². The minimum absolute atomic E-state index is 0.0892. The highest BCUT2D eigenvalue weighted by Gasteiger charge is 2.26. The third-order valence-corrected chi connectivity index (χ3v) is 3.70. The van der Waals surface area contributed by atoms with Crippen molar-refractivity contribution < 1.29 is 9.84 Å². The molecule has 108 valence electrons. The van der Waals surface area contributed by atoms with Crippen molar-refractivity contribution in [3.05, 3.63) is 27.7 Å². The second-order valence-electron chi connectivity index (χ2n) is 5.21. The Labute approximate surface area is 124 Å². The molecule has 0 aliphatic heterocycles. The van der Waals surface area contributed by atoms with Gasteiger partial charge in [0.1, 0.15) is 12.4 Å². The molecule has 0 saturated heterocycles. The van der Waals surface area contributed by atoms with Gasteiger partial charge in [-0.05, 0) is 32.0 Å². The summed E-state index contributed by atoms with van der Waals surface area (Å²) < 4.78 is 5.72. The zero-order chi connectivity index (χ0) is 14.6. The second-order valence-corrected chi connectivity index (χ2v) is 6.05. The fourth-order valence-corrected chi connectivity index (χ4v) is 2.07. The summed E-state index contributed by atoms with van der Waals surface area (Å²) in [5.41, 5.74) is -0.0283. The molecule has 0 heterocycles. The van der Waals surface area contributed by atoms with E-state index in [9.17, 15) is 5.11 Å². The number of aliphatic hydroxyl groups is 1. The van der Waals surface area contributed by atoms with Crippen molar-refractivity contribution >= 4 is 23.2 Å². The molecule has 0 bridgehead atoms. The summed E-state index contributed by atoms with van der Waals surface area (Å²) in [6, 6.07) is 3.45. The maximum atomic E-state index is 10.2. The van der Waals surface area contributed by atoms with Gasteiger partial charge in [0.15, 0.2) is 0 Å². The first-order chi connectivity index (χ1) is 8.77. The number of nitrogens with one attached hydrogen (secondary N) is 1. The van der Waals surface area contributed by atoms with Crippen LogP contribution in [0.4, 0.5) is 0 Å². The third kappa shape index (κ3) is 4.53. The monoisotopic (exact) mass is 305 g/mol. The predicted octanol–water partition coefficient (Wildman–Crippen LogP) is 3.50. The molecular formula is C14H21Cl2NO2. The number of hydrogen-bond donors (Lipinski definition) is 2. The Morgan fingerprint density at radius 1 is 1.37 bits per heavy atom. The molecule has 0 aromatic heterocycles. The van der Waals surface area contributed by atoms with Crippen LogP contribution < -0.4 is 10.1 Å². The molecule has 0 saturated carbocycles. The first kappa shape index (κ1) is 16.6. The van der Waals surface area contributed by atoms with E-state index >= 15 is 0 Å². The summed E-state index contributed by atoms with van der Waals surface area (Å²) in [5.74, 6) is 0.660. The molecule has 2 N–H and O–H groups in total. The van der Waals surface area contributed by atoms with Crippen molar-refractivity contribution in [2.24, 2.45) is 5.92 Å². The lowest BCUT2D eigenvalue weighted by atomic mass is 9.94. The highest BCUT2D eigenvalue weighted by molar-refractivity contribution is 6.35. The molecular weight excluding hydrogens is 285 g/mol. The summed E-state index contributed by atoms with van der Waals surface area (Å²) >= 11 is 12.1. The van der Waals surface area contributed by atoms with Gasteiger partial charge in [-0.2, -0.15) is 0 Å². The Morgan fingerprint density at radius 2 is 2.00 bits per heavy atom. The summed E-state index contributed by atoms with van der Waals surface area (Å²) in [4.78, 5) is 0. The molecule has 0 fully saturated rings. The van der Waals surface area contributed by atoms with Gasteiger partial charge in [0, 0.05) is 17.1 Å². The molecule has 1 unspecified atom stereocenters. The van der Waals surface area contributed by atoms with Crippen molar-refractivity contribution in [3.63, 3.8) is 0 Å². The maximum Gasteiger partial charge on any atom is 0.142 e. The minimum atomic E-state index is -0.903. The molecule has 1 atom stereocenters. The quantitative estimate of drug-likeness (QED) is 0.845. The van der Waals surface area contributed by atoms with Crippen LogP contribution >= 0.6 is 23.2 Å². The van der Waals surface area contributed by atoms with Crippen LogP contribution in [0.1, 0.15) is 26.3 Å². The van der Waals surface area contributed by atoms with Crippen molar-refractivity contribution in [1.82, 2.24) is 5.32 Å². The van der Waals surface area contributed by atoms with E-state index in [0.29, 0.717) is 22.3 Å². The van der Waals surface area contributed by atoms with Crippen molar-refractivity contribution in [1.29, 1.82) is 0 Å². The fraction of sp³-hybridized carbons (Fsp3) is 0.571. The van der Waals surface area contributed by atoms with Crippen LogP contribution in [-0.4, -0.2) is 24.4 Å². The van der Waals surface area contributed by atoms with E-state index in [1.165, 1.54) is 0 Å². The van der Waals surface area contributed by atoms with Crippen LogP contribution in [0.3, 0.4) is 0 Å². The van der Waals surface area contributed by atoms with Crippen LogP contribution in [0.15, 0.2) is 12.1 Å². The van der Waals surface area contributed by atoms with Gasteiger partial charge in [0.2, 0.25) is 0 Å². The molecule has 0 spiro atoms. The molecule has 1 aromatic rings. The van der Waals surface area contributed by atoms with E-state index in [0.717, 1.165) is 5.56 Å². The molecule has 1 rings (SSSR count). The van der Waals surface area contributed by atoms with Gasteiger partial charge in [-0.15, -0.1) is 0 Å². The van der Waals surface area contributed by atoms with E-state index in [1.54, 1.807) is 13.0 Å². The molecule has 5 heteroatoms. The largest absolute Gasteiger partial charge is 0.489 e. The topological polar surface area (TPSA) is 41.5 Å². The van der Waals surface area contributed by atoms with Gasteiger partial charge in [-0.1, -0.05) is 37.0 Å². The molecule has 0 amide bonds. The highest BCUT2D eigenvalue weighted by atomic mass is 35.5. The lowest BCUT2D eigenvalue weighted by Gasteiger charge is -2.28. The van der Waals surface area contributed by atoms with Gasteiger partial charge in [0.25, 0.3) is 0 Å². The number of halogens is 2. The average Bonchev–Trinajstić information content (AvgIpc) is 2.27. The fourth-order valence-electron chi connectivity index (χ4n) is 1.48. The van der Waals surface area contributed by atoms with Gasteiger partial charge in [0.05, 0.1) is 10.6 Å². The first-order valence-corrected chi connectivity index (χ1v) is 7.01. The van der Waals surface area contributed by atoms with E-state index in [1.807, 2.05) is 27.0 Å². The number of hydrogen-bond acceptors (Lipinski definition) is 3. The van der Waals surface area contributed by atoms with Crippen molar-refractivity contribution in [2.75, 3.05) is 13.7 Å². The standard InChI is InChI=1S/C14H21Cl2NO2/c1-9(2)14(3,18)8-19-13-10(7-17-4)5-11(15)6-12(13)16/h5-6,9,17-18H,7-8H2,1-4H3. The van der Waals surface area contributed by atoms with Crippen LogP contribution in [0.25, 0.3) is 0 Å².